The Morgan fingerprint density at radius 3 is 2.68 bits per heavy atom. The van der Waals surface area contributed by atoms with Crippen LogP contribution in [0.15, 0.2) is 17.2 Å². The van der Waals surface area contributed by atoms with E-state index < -0.39 is 18.6 Å². The molecule has 0 N–H and O–H groups in total. The van der Waals surface area contributed by atoms with Crippen LogP contribution in [0.25, 0.3) is 0 Å². The lowest BCUT2D eigenvalue weighted by Gasteiger charge is -2.14. The number of hydrogen-bond donors (Lipinski definition) is 0. The zero-order valence-corrected chi connectivity index (χ0v) is 14.1. The van der Waals surface area contributed by atoms with Gasteiger partial charge in [0.1, 0.15) is 11.6 Å². The number of amides is 1. The lowest BCUT2D eigenvalue weighted by atomic mass is 10.1. The molecule has 2 aromatic rings. The van der Waals surface area contributed by atoms with Gasteiger partial charge in [-0.15, -0.1) is 0 Å². The largest absolute Gasteiger partial charge is 0.408 e. The first-order chi connectivity index (χ1) is 11.6. The molecule has 0 saturated carbocycles. The molecule has 0 fully saturated rings. The van der Waals surface area contributed by atoms with Crippen LogP contribution in [-0.4, -0.2) is 31.3 Å². The zero-order chi connectivity index (χ0) is 18.5. The monoisotopic (exact) mass is 374 g/mol. The van der Waals surface area contributed by atoms with Gasteiger partial charge in [-0.1, -0.05) is 11.6 Å². The molecule has 1 aliphatic heterocycles. The molecule has 6 nitrogen and oxygen atoms in total. The molecule has 1 amide bonds. The number of fused-ring (bicyclic) bond motifs is 1. The Bertz CT molecular complexity index is 917. The number of alkyl halides is 3. The molecule has 0 saturated heterocycles. The van der Waals surface area contributed by atoms with Crippen LogP contribution in [0, 0.1) is 6.92 Å². The maximum Gasteiger partial charge on any atom is 0.408 e. The summed E-state index contributed by atoms with van der Waals surface area (Å²) in [6.07, 6.45) is -2.24. The Morgan fingerprint density at radius 2 is 2.04 bits per heavy atom. The van der Waals surface area contributed by atoms with Gasteiger partial charge in [0, 0.05) is 25.5 Å². The van der Waals surface area contributed by atoms with Crippen molar-refractivity contribution in [2.45, 2.75) is 32.7 Å². The van der Waals surface area contributed by atoms with Gasteiger partial charge in [0.15, 0.2) is 0 Å². The molecule has 0 atom stereocenters. The highest BCUT2D eigenvalue weighted by atomic mass is 35.5. The van der Waals surface area contributed by atoms with Gasteiger partial charge in [-0.05, 0) is 18.1 Å². The number of nitrogens with zero attached hydrogens (tertiary/aromatic N) is 4. The number of aromatic nitrogens is 3. The van der Waals surface area contributed by atoms with E-state index in [0.29, 0.717) is 15.9 Å². The maximum atomic E-state index is 12.6. The average Bonchev–Trinajstić information content (AvgIpc) is 3.15. The molecule has 3 rings (SSSR count). The van der Waals surface area contributed by atoms with Crippen LogP contribution in [0.2, 0.25) is 5.02 Å². The summed E-state index contributed by atoms with van der Waals surface area (Å²) < 4.78 is 39.3. The summed E-state index contributed by atoms with van der Waals surface area (Å²) >= 11 is 6.02. The second kappa shape index (κ2) is 5.91. The summed E-state index contributed by atoms with van der Waals surface area (Å²) in [5.41, 5.74) is 1.78. The molecule has 10 heteroatoms. The minimum absolute atomic E-state index is 0.0609. The fraction of sp³-hybridized carbons (Fsp3) is 0.400. The second-order valence-corrected chi connectivity index (χ2v) is 6.31. The minimum Gasteiger partial charge on any atom is -0.328 e. The van der Waals surface area contributed by atoms with Crippen LogP contribution in [-0.2, 0) is 26.7 Å². The van der Waals surface area contributed by atoms with Crippen molar-refractivity contribution in [1.82, 2.24) is 19.2 Å². The summed E-state index contributed by atoms with van der Waals surface area (Å²) in [4.78, 5) is 26.0. The van der Waals surface area contributed by atoms with Gasteiger partial charge in [-0.25, -0.2) is 0 Å². The van der Waals surface area contributed by atoms with Crippen molar-refractivity contribution in [2.24, 2.45) is 7.05 Å². The summed E-state index contributed by atoms with van der Waals surface area (Å²) in [5, 5.41) is 3.68. The van der Waals surface area contributed by atoms with E-state index in [1.807, 2.05) is 0 Å². The molecule has 3 heterocycles. The smallest absolute Gasteiger partial charge is 0.328 e. The number of carbonyl (C=O) groups excluding carboxylic acids is 1. The SMILES string of the molecule is Cc1c2c(n(C)c(=O)c1Cl)CN(C(=O)c1cnn(CC(F)(F)F)c1)C2. The van der Waals surface area contributed by atoms with Crippen LogP contribution in [0.3, 0.4) is 0 Å². The fourth-order valence-electron chi connectivity index (χ4n) is 2.89. The van der Waals surface area contributed by atoms with Crippen molar-refractivity contribution in [3.8, 4) is 0 Å². The Labute approximate surface area is 145 Å². The highest BCUT2D eigenvalue weighted by Crippen LogP contribution is 2.28. The third-order valence-electron chi connectivity index (χ3n) is 4.23. The lowest BCUT2D eigenvalue weighted by Crippen LogP contribution is -2.26. The first kappa shape index (κ1) is 17.5. The minimum atomic E-state index is -4.41. The number of hydrogen-bond acceptors (Lipinski definition) is 3. The predicted molar refractivity (Wildman–Crippen MR) is 83.3 cm³/mol. The van der Waals surface area contributed by atoms with E-state index in [1.165, 1.54) is 9.47 Å². The summed E-state index contributed by atoms with van der Waals surface area (Å²) in [5.74, 6) is -0.451. The number of carbonyl (C=O) groups is 1. The highest BCUT2D eigenvalue weighted by molar-refractivity contribution is 6.31. The van der Waals surface area contributed by atoms with E-state index in [-0.39, 0.29) is 29.2 Å². The molecule has 0 spiro atoms. The first-order valence-corrected chi connectivity index (χ1v) is 7.71. The van der Waals surface area contributed by atoms with Gasteiger partial charge >= 0.3 is 6.18 Å². The van der Waals surface area contributed by atoms with Gasteiger partial charge in [0.2, 0.25) is 0 Å². The van der Waals surface area contributed by atoms with E-state index in [1.54, 1.807) is 14.0 Å². The number of pyridine rings is 1. The molecule has 0 unspecified atom stereocenters. The molecule has 2 aromatic heterocycles. The molecule has 0 aromatic carbocycles. The van der Waals surface area contributed by atoms with Crippen molar-refractivity contribution >= 4 is 17.5 Å². The summed E-state index contributed by atoms with van der Waals surface area (Å²) in [7, 11) is 1.57. The van der Waals surface area contributed by atoms with Gasteiger partial charge < -0.3 is 9.47 Å². The van der Waals surface area contributed by atoms with Crippen molar-refractivity contribution in [2.75, 3.05) is 0 Å². The van der Waals surface area contributed by atoms with Gasteiger partial charge in [-0.3, -0.25) is 14.3 Å². The molecule has 0 aliphatic carbocycles. The van der Waals surface area contributed by atoms with Crippen LogP contribution < -0.4 is 5.56 Å². The van der Waals surface area contributed by atoms with E-state index in [2.05, 4.69) is 5.10 Å². The predicted octanol–water partition coefficient (Wildman–Crippen LogP) is 2.26. The quantitative estimate of drug-likeness (QED) is 0.810. The Balaban J connectivity index is 1.85. The topological polar surface area (TPSA) is 60.1 Å². The molecule has 0 radical (unpaired) electrons. The van der Waals surface area contributed by atoms with Crippen LogP contribution in [0.5, 0.6) is 0 Å². The molecule has 0 bridgehead atoms. The second-order valence-electron chi connectivity index (χ2n) is 5.93. The van der Waals surface area contributed by atoms with Crippen LogP contribution in [0.1, 0.15) is 27.2 Å². The van der Waals surface area contributed by atoms with E-state index >= 15 is 0 Å². The summed E-state index contributed by atoms with van der Waals surface area (Å²) in [6, 6.07) is 0. The summed E-state index contributed by atoms with van der Waals surface area (Å²) in [6.45, 7) is 0.863. The number of halogens is 4. The van der Waals surface area contributed by atoms with Crippen molar-refractivity contribution < 1.29 is 18.0 Å². The van der Waals surface area contributed by atoms with Crippen molar-refractivity contribution in [3.05, 3.63) is 50.2 Å². The average molecular weight is 375 g/mol. The van der Waals surface area contributed by atoms with Gasteiger partial charge in [0.05, 0.1) is 18.3 Å². The highest BCUT2D eigenvalue weighted by Gasteiger charge is 2.31. The molecular weight excluding hydrogens is 361 g/mol. The molecule has 25 heavy (non-hydrogen) atoms. The first-order valence-electron chi connectivity index (χ1n) is 7.34. The van der Waals surface area contributed by atoms with Gasteiger partial charge in [0.25, 0.3) is 11.5 Å². The molecule has 134 valence electrons. The van der Waals surface area contributed by atoms with Crippen molar-refractivity contribution in [3.63, 3.8) is 0 Å². The zero-order valence-electron chi connectivity index (χ0n) is 13.4. The number of rotatable bonds is 2. The fourth-order valence-corrected chi connectivity index (χ4v) is 3.13. The van der Waals surface area contributed by atoms with E-state index in [4.69, 9.17) is 11.6 Å². The standard InChI is InChI=1S/C15H14ClF3N4O2/c1-8-10-5-22(6-11(10)21(2)14(25)12(8)16)13(24)9-3-20-23(4-9)7-15(17,18)19/h3-4H,5-7H2,1-2H3. The Kier molecular flexibility index (Phi) is 4.14. The van der Waals surface area contributed by atoms with Crippen molar-refractivity contribution in [1.29, 1.82) is 0 Å². The van der Waals surface area contributed by atoms with E-state index in [9.17, 15) is 22.8 Å². The normalized spacial score (nSPS) is 14.1. The Morgan fingerprint density at radius 1 is 1.36 bits per heavy atom. The lowest BCUT2D eigenvalue weighted by molar-refractivity contribution is -0.142. The third-order valence-corrected chi connectivity index (χ3v) is 4.67. The van der Waals surface area contributed by atoms with Gasteiger partial charge in [-0.2, -0.15) is 18.3 Å². The van der Waals surface area contributed by atoms with Crippen LogP contribution in [0.4, 0.5) is 13.2 Å². The third kappa shape index (κ3) is 3.15. The molecule has 1 aliphatic rings. The van der Waals surface area contributed by atoms with Crippen LogP contribution >= 0.6 is 11.6 Å². The Hall–Kier alpha value is -2.29. The molecular formula is C15H14ClF3N4O2. The van der Waals surface area contributed by atoms with E-state index in [0.717, 1.165) is 18.0 Å². The maximum absolute atomic E-state index is 12.6.